The van der Waals surface area contributed by atoms with E-state index in [9.17, 15) is 37.2 Å². The van der Waals surface area contributed by atoms with Crippen molar-refractivity contribution >= 4 is 62.9 Å². The van der Waals surface area contributed by atoms with Crippen LogP contribution in [0.2, 0.25) is 0 Å². The number of halogens is 5. The fourth-order valence-electron chi connectivity index (χ4n) is 7.49. The zero-order valence-electron chi connectivity index (χ0n) is 31.4. The summed E-state index contributed by atoms with van der Waals surface area (Å²) in [4.78, 5) is 45.6. The molecule has 0 aliphatic carbocycles. The van der Waals surface area contributed by atoms with Crippen LogP contribution in [0.1, 0.15) is 59.6 Å². The number of hydrogen-bond acceptors (Lipinski definition) is 10. The highest BCUT2D eigenvalue weighted by Gasteiger charge is 2.51. The molecule has 8 rings (SSSR count). The van der Waals surface area contributed by atoms with Crippen molar-refractivity contribution in [3.63, 3.8) is 0 Å². The summed E-state index contributed by atoms with van der Waals surface area (Å²) in [5.41, 5.74) is -2.18. The lowest BCUT2D eigenvalue weighted by atomic mass is 9.83. The Hall–Kier alpha value is -7.27. The largest absolute Gasteiger partial charge is 0.444 e. The van der Waals surface area contributed by atoms with Gasteiger partial charge in [0.2, 0.25) is 0 Å². The summed E-state index contributed by atoms with van der Waals surface area (Å²) in [5, 5.41) is 26.5. The molecule has 0 radical (unpaired) electrons. The summed E-state index contributed by atoms with van der Waals surface area (Å²) in [7, 11) is 1.71. The van der Waals surface area contributed by atoms with Gasteiger partial charge in [-0.1, -0.05) is 18.2 Å². The number of benzene rings is 4. The first kappa shape index (κ1) is 39.6. The molecule has 60 heavy (non-hydrogen) atoms. The van der Waals surface area contributed by atoms with Gasteiger partial charge in [0, 0.05) is 35.1 Å². The van der Waals surface area contributed by atoms with Crippen molar-refractivity contribution in [3.8, 4) is 6.07 Å². The molecule has 20 heteroatoms. The topological polar surface area (TPSA) is 174 Å². The van der Waals surface area contributed by atoms with E-state index in [1.54, 1.807) is 36.0 Å². The van der Waals surface area contributed by atoms with Crippen molar-refractivity contribution < 1.29 is 36.3 Å². The fraction of sp³-hybridized carbons (Fsp3) is 0.200. The molecule has 2 amide bonds. The number of nitrogens with zero attached hydrogens (tertiary/aromatic N) is 7. The minimum atomic E-state index is -4.88. The van der Waals surface area contributed by atoms with Gasteiger partial charge in [-0.25, -0.2) is 23.7 Å². The Bertz CT molecular complexity index is 2870. The van der Waals surface area contributed by atoms with E-state index in [2.05, 4.69) is 30.9 Å². The second kappa shape index (κ2) is 14.5. The second-order valence-electron chi connectivity index (χ2n) is 14.4. The molecule has 0 saturated carbocycles. The number of H-pyrrole nitrogens is 1. The van der Waals surface area contributed by atoms with Gasteiger partial charge >= 0.3 is 12.3 Å². The van der Waals surface area contributed by atoms with Gasteiger partial charge in [0.15, 0.2) is 5.11 Å². The minimum Gasteiger partial charge on any atom is -0.444 e. The average Bonchev–Trinajstić information content (AvgIpc) is 3.70. The van der Waals surface area contributed by atoms with Crippen molar-refractivity contribution in [2.75, 3.05) is 20.4 Å². The number of nitriles is 1. The molecule has 1 fully saturated rings. The van der Waals surface area contributed by atoms with Crippen molar-refractivity contribution in [1.29, 1.82) is 5.26 Å². The van der Waals surface area contributed by atoms with E-state index in [1.165, 1.54) is 55.4 Å². The van der Waals surface area contributed by atoms with E-state index in [0.29, 0.717) is 39.9 Å². The molecule has 1 saturated heterocycles. The molecule has 0 unspecified atom stereocenters. The molecular weight excluding hydrogens is 812 g/mol. The third kappa shape index (κ3) is 6.71. The maximum atomic E-state index is 15.5. The van der Waals surface area contributed by atoms with Crippen LogP contribution in [0.3, 0.4) is 0 Å². The fourth-order valence-corrected chi connectivity index (χ4v) is 8.02. The number of carbonyl (C=O) groups is 2. The van der Waals surface area contributed by atoms with Crippen molar-refractivity contribution in [1.82, 2.24) is 25.0 Å². The maximum Gasteiger partial charge on any atom is 0.417 e. The Morgan fingerprint density at radius 2 is 1.77 bits per heavy atom. The Balaban J connectivity index is 0.962. The van der Waals surface area contributed by atoms with Crippen LogP contribution in [0, 0.1) is 23.0 Å². The quantitative estimate of drug-likeness (QED) is 0.110. The molecule has 2 atom stereocenters. The molecule has 6 aromatic rings. The number of rotatable bonds is 7. The zero-order chi connectivity index (χ0) is 42.8. The van der Waals surface area contributed by atoms with Gasteiger partial charge in [0.05, 0.1) is 45.9 Å². The summed E-state index contributed by atoms with van der Waals surface area (Å²) in [6, 6.07) is 16.6. The van der Waals surface area contributed by atoms with Crippen LogP contribution in [0.15, 0.2) is 83.9 Å². The summed E-state index contributed by atoms with van der Waals surface area (Å²) in [5.74, 6) is -2.19. The van der Waals surface area contributed by atoms with E-state index in [1.807, 2.05) is 0 Å². The number of alkyl halides is 3. The predicted molar refractivity (Wildman–Crippen MR) is 211 cm³/mol. The van der Waals surface area contributed by atoms with E-state index in [0.717, 1.165) is 23.1 Å². The predicted octanol–water partition coefficient (Wildman–Crippen LogP) is 7.18. The van der Waals surface area contributed by atoms with E-state index in [4.69, 9.17) is 17.0 Å². The van der Waals surface area contributed by atoms with Gasteiger partial charge in [0.25, 0.3) is 11.5 Å². The number of amides is 2. The number of ether oxygens (including phenoxy) is 1. The second-order valence-corrected chi connectivity index (χ2v) is 14.8. The van der Waals surface area contributed by atoms with Crippen LogP contribution < -0.4 is 26.0 Å². The highest BCUT2D eigenvalue weighted by molar-refractivity contribution is 7.81. The summed E-state index contributed by atoms with van der Waals surface area (Å²) < 4.78 is 78.2. The molecule has 4 heterocycles. The lowest BCUT2D eigenvalue weighted by Gasteiger charge is -2.33. The first-order valence-electron chi connectivity index (χ1n) is 17.9. The SMILES string of the molecule is Cn1ncnc1[C@H]1c2n[nH]c(=O)c3cc(F)cc(c23)N[C@@H]1c1ccc(NC(=O)OCc2ccc(N3C(=S)N(c4ccc(C#N)c(C(F)(F)F)c4)C(=O)C3(C)C)cc2F)cc1. The minimum absolute atomic E-state index is 0.0304. The molecular formula is C40H29F5N10O4S. The van der Waals surface area contributed by atoms with Gasteiger partial charge in [-0.15, -0.1) is 0 Å². The third-order valence-corrected chi connectivity index (χ3v) is 10.7. The lowest BCUT2D eigenvalue weighted by Crippen LogP contribution is -2.44. The monoisotopic (exact) mass is 840 g/mol. The zero-order valence-corrected chi connectivity index (χ0v) is 32.2. The summed E-state index contributed by atoms with van der Waals surface area (Å²) in [6.45, 7) is 2.46. The van der Waals surface area contributed by atoms with Crippen LogP contribution in [0.5, 0.6) is 0 Å². The Labute approximate surface area is 341 Å². The van der Waals surface area contributed by atoms with Gasteiger partial charge in [0.1, 0.15) is 35.9 Å². The van der Waals surface area contributed by atoms with Crippen LogP contribution in [-0.2, 0) is 29.4 Å². The van der Waals surface area contributed by atoms with Crippen molar-refractivity contribution in [2.45, 2.75) is 44.1 Å². The molecule has 0 bridgehead atoms. The Morgan fingerprint density at radius 1 is 1.03 bits per heavy atom. The summed E-state index contributed by atoms with van der Waals surface area (Å²) in [6.07, 6.45) is -4.41. The standard InChI is InChI=1S/C40H29F5N10O4S/c1-39(2)36(57)54(24-10-6-20(16-46)27(14-24)40(43,44)45)38(60)55(39)25-11-7-21(28(42)15-25)17-59-37(58)49-23-8-4-19(5-9-23)32-31(34-47-18-48-53(34)3)33-30-26(35(56)52-51-33)12-22(41)13-29(30)50-32/h4-15,18,31-32,50H,17H2,1-3H3,(H,49,58)(H,52,56)/t31-,32-/m1/s1. The first-order chi connectivity index (χ1) is 28.5. The number of aromatic amines is 1. The first-order valence-corrected chi connectivity index (χ1v) is 18.3. The highest BCUT2D eigenvalue weighted by Crippen LogP contribution is 2.46. The van der Waals surface area contributed by atoms with Crippen LogP contribution in [0.4, 0.5) is 49.5 Å². The van der Waals surface area contributed by atoms with E-state index in [-0.39, 0.29) is 27.4 Å². The number of carbonyl (C=O) groups excluding carboxylic acids is 2. The Morgan fingerprint density at radius 3 is 2.43 bits per heavy atom. The van der Waals surface area contributed by atoms with Gasteiger partial charge in [-0.05, 0) is 86.2 Å². The maximum absolute atomic E-state index is 15.5. The number of nitrogens with one attached hydrogen (secondary N) is 3. The van der Waals surface area contributed by atoms with Crippen LogP contribution >= 0.6 is 12.2 Å². The average molecular weight is 841 g/mol. The molecule has 4 aromatic carbocycles. The van der Waals surface area contributed by atoms with Crippen LogP contribution in [-0.4, -0.2) is 47.6 Å². The van der Waals surface area contributed by atoms with Gasteiger partial charge < -0.3 is 15.0 Å². The smallest absolute Gasteiger partial charge is 0.417 e. The van der Waals surface area contributed by atoms with Gasteiger partial charge in [-0.3, -0.25) is 24.5 Å². The number of aromatic nitrogens is 5. The highest BCUT2D eigenvalue weighted by atomic mass is 32.1. The number of thiocarbonyl (C=S) groups is 1. The van der Waals surface area contributed by atoms with Crippen molar-refractivity contribution in [2.24, 2.45) is 7.05 Å². The molecule has 304 valence electrons. The summed E-state index contributed by atoms with van der Waals surface area (Å²) >= 11 is 5.53. The van der Waals surface area contributed by atoms with Gasteiger partial charge in [-0.2, -0.15) is 28.6 Å². The number of aryl methyl sites for hydroxylation is 1. The normalized spacial score (nSPS) is 17.1. The lowest BCUT2D eigenvalue weighted by molar-refractivity contribution is -0.137. The number of hydrogen-bond donors (Lipinski definition) is 3. The number of anilines is 4. The van der Waals surface area contributed by atoms with Crippen LogP contribution in [0.25, 0.3) is 10.8 Å². The molecule has 2 aliphatic rings. The third-order valence-electron chi connectivity index (χ3n) is 10.4. The molecule has 0 spiro atoms. The van der Waals surface area contributed by atoms with Crippen molar-refractivity contribution in [3.05, 3.63) is 135 Å². The molecule has 2 aliphatic heterocycles. The molecule has 2 aromatic heterocycles. The Kier molecular flexibility index (Phi) is 9.58. The van der Waals surface area contributed by atoms with E-state index < -0.39 is 70.6 Å². The van der Waals surface area contributed by atoms with E-state index >= 15 is 4.39 Å². The molecule has 3 N–H and O–H groups in total. The molecule has 14 nitrogen and oxygen atoms in total.